The van der Waals surface area contributed by atoms with Gasteiger partial charge in [0.2, 0.25) is 5.82 Å². The maximum atomic E-state index is 12.9. The summed E-state index contributed by atoms with van der Waals surface area (Å²) < 4.78 is 68.5. The summed E-state index contributed by atoms with van der Waals surface area (Å²) in [6.45, 7) is 0. The Kier molecular flexibility index (Phi) is 3.38. The zero-order chi connectivity index (χ0) is 16.8. The van der Waals surface area contributed by atoms with E-state index in [1.165, 1.54) is 18.2 Å². The summed E-state index contributed by atoms with van der Waals surface area (Å²) in [5.74, 6) is -2.33. The Morgan fingerprint density at radius 2 is 1.87 bits per heavy atom. The van der Waals surface area contributed by atoms with Crippen LogP contribution in [0, 0.1) is 0 Å². The fraction of sp³-hybridized carbons (Fsp3) is 0.154. The quantitative estimate of drug-likeness (QED) is 0.720. The number of phenolic OH excluding ortho intramolecular Hbond substituents is 1. The molecule has 2 aromatic heterocycles. The molecule has 10 heteroatoms. The largest absolute Gasteiger partial charge is 0.507 e. The van der Waals surface area contributed by atoms with Crippen LogP contribution in [0.15, 0.2) is 28.8 Å². The molecule has 120 valence electrons. The lowest BCUT2D eigenvalue weighted by molar-refractivity contribution is -0.144. The Morgan fingerprint density at radius 3 is 2.48 bits per heavy atom. The van der Waals surface area contributed by atoms with Crippen LogP contribution in [0.2, 0.25) is 0 Å². The maximum Gasteiger partial charge on any atom is 0.451 e. The van der Waals surface area contributed by atoms with Crippen molar-refractivity contribution in [1.29, 1.82) is 0 Å². The number of aromatic nitrogens is 3. The first kappa shape index (κ1) is 15.1. The Labute approximate surface area is 124 Å². The van der Waals surface area contributed by atoms with Crippen LogP contribution in [0.3, 0.4) is 0 Å². The van der Waals surface area contributed by atoms with E-state index >= 15 is 0 Å². The number of hydrogen-bond donors (Lipinski definition) is 1. The van der Waals surface area contributed by atoms with E-state index in [-0.39, 0.29) is 10.9 Å². The SMILES string of the molecule is Oc1cccc2nc(C(F)(F)F)nc(-c3cc(C(F)F)no3)c12. The molecular formula is C13H6F5N3O2. The van der Waals surface area contributed by atoms with E-state index in [1.807, 2.05) is 0 Å². The highest BCUT2D eigenvalue weighted by Gasteiger charge is 2.36. The first-order valence-electron chi connectivity index (χ1n) is 6.09. The highest BCUT2D eigenvalue weighted by Crippen LogP contribution is 2.37. The molecule has 5 nitrogen and oxygen atoms in total. The number of benzene rings is 1. The van der Waals surface area contributed by atoms with Crippen molar-refractivity contribution in [3.63, 3.8) is 0 Å². The van der Waals surface area contributed by atoms with Gasteiger partial charge in [-0.15, -0.1) is 0 Å². The van der Waals surface area contributed by atoms with Crippen LogP contribution in [0.1, 0.15) is 17.9 Å². The number of halogens is 5. The molecule has 0 spiro atoms. The minimum absolute atomic E-state index is 0.155. The molecule has 1 aromatic carbocycles. The number of rotatable bonds is 2. The van der Waals surface area contributed by atoms with Crippen LogP contribution in [0.4, 0.5) is 22.0 Å². The number of aromatic hydroxyl groups is 1. The summed E-state index contributed by atoms with van der Waals surface area (Å²) >= 11 is 0. The van der Waals surface area contributed by atoms with Crippen molar-refractivity contribution in [3.8, 4) is 17.2 Å². The molecule has 0 aliphatic rings. The van der Waals surface area contributed by atoms with Gasteiger partial charge in [0.1, 0.15) is 11.4 Å². The highest BCUT2D eigenvalue weighted by molar-refractivity contribution is 5.95. The predicted octanol–water partition coefficient (Wildman–Crippen LogP) is 3.95. The van der Waals surface area contributed by atoms with Gasteiger partial charge in [-0.05, 0) is 12.1 Å². The first-order chi connectivity index (χ1) is 10.8. The lowest BCUT2D eigenvalue weighted by Crippen LogP contribution is -2.12. The van der Waals surface area contributed by atoms with Crippen LogP contribution in [-0.2, 0) is 6.18 Å². The molecule has 0 amide bonds. The van der Waals surface area contributed by atoms with E-state index in [0.29, 0.717) is 0 Å². The second-order valence-electron chi connectivity index (χ2n) is 4.48. The van der Waals surface area contributed by atoms with Crippen molar-refractivity contribution in [2.45, 2.75) is 12.6 Å². The summed E-state index contributed by atoms with van der Waals surface area (Å²) in [4.78, 5) is 6.63. The summed E-state index contributed by atoms with van der Waals surface area (Å²) in [6, 6.07) is 4.48. The predicted molar refractivity (Wildman–Crippen MR) is 66.7 cm³/mol. The molecule has 0 bridgehead atoms. The minimum atomic E-state index is -4.86. The average molecular weight is 331 g/mol. The zero-order valence-corrected chi connectivity index (χ0v) is 11.0. The lowest BCUT2D eigenvalue weighted by atomic mass is 10.1. The van der Waals surface area contributed by atoms with Crippen LogP contribution in [0.5, 0.6) is 5.75 Å². The van der Waals surface area contributed by atoms with E-state index in [0.717, 1.165) is 6.07 Å². The molecule has 23 heavy (non-hydrogen) atoms. The van der Waals surface area contributed by atoms with Crippen LogP contribution in [0.25, 0.3) is 22.4 Å². The zero-order valence-electron chi connectivity index (χ0n) is 11.0. The van der Waals surface area contributed by atoms with Gasteiger partial charge in [-0.25, -0.2) is 18.7 Å². The second kappa shape index (κ2) is 5.14. The van der Waals surface area contributed by atoms with Gasteiger partial charge in [-0.3, -0.25) is 0 Å². The normalized spacial score (nSPS) is 12.3. The standard InChI is InChI=1S/C13H6F5N3O2/c14-11(15)6-4-8(23-21-6)10-9-5(2-1-3-7(9)22)19-12(20-10)13(16,17)18/h1-4,11,22H. The first-order valence-corrected chi connectivity index (χ1v) is 6.09. The summed E-state index contributed by atoms with van der Waals surface area (Å²) in [5.41, 5.74) is -1.44. The Hall–Kier alpha value is -2.78. The van der Waals surface area contributed by atoms with Crippen molar-refractivity contribution in [3.05, 3.63) is 35.8 Å². The fourth-order valence-corrected chi connectivity index (χ4v) is 1.97. The lowest BCUT2D eigenvalue weighted by Gasteiger charge is -2.09. The fourth-order valence-electron chi connectivity index (χ4n) is 1.97. The van der Waals surface area contributed by atoms with Gasteiger partial charge < -0.3 is 9.63 Å². The van der Waals surface area contributed by atoms with E-state index in [2.05, 4.69) is 19.6 Å². The van der Waals surface area contributed by atoms with Crippen molar-refractivity contribution >= 4 is 10.9 Å². The molecule has 1 N–H and O–H groups in total. The van der Waals surface area contributed by atoms with E-state index in [9.17, 15) is 27.1 Å². The monoisotopic (exact) mass is 331 g/mol. The Balaban J connectivity index is 2.32. The Bertz CT molecular complexity index is 876. The second-order valence-corrected chi connectivity index (χ2v) is 4.48. The number of nitrogens with zero attached hydrogens (tertiary/aromatic N) is 3. The minimum Gasteiger partial charge on any atom is -0.507 e. The van der Waals surface area contributed by atoms with Gasteiger partial charge in [-0.1, -0.05) is 11.2 Å². The number of alkyl halides is 5. The number of phenols is 1. The molecule has 0 saturated carbocycles. The molecule has 0 radical (unpaired) electrons. The van der Waals surface area contributed by atoms with Crippen molar-refractivity contribution < 1.29 is 31.6 Å². The van der Waals surface area contributed by atoms with E-state index < -0.39 is 41.3 Å². The van der Waals surface area contributed by atoms with Crippen molar-refractivity contribution in [1.82, 2.24) is 15.1 Å². The molecule has 0 aliphatic heterocycles. The smallest absolute Gasteiger partial charge is 0.451 e. The third kappa shape index (κ3) is 2.67. The van der Waals surface area contributed by atoms with Gasteiger partial charge in [0.05, 0.1) is 10.9 Å². The topological polar surface area (TPSA) is 72.0 Å². The van der Waals surface area contributed by atoms with E-state index in [4.69, 9.17) is 0 Å². The average Bonchev–Trinajstić information content (AvgIpc) is 2.95. The van der Waals surface area contributed by atoms with Crippen LogP contribution < -0.4 is 0 Å². The molecule has 2 heterocycles. The van der Waals surface area contributed by atoms with Crippen molar-refractivity contribution in [2.75, 3.05) is 0 Å². The van der Waals surface area contributed by atoms with E-state index in [1.54, 1.807) is 0 Å². The third-order valence-corrected chi connectivity index (χ3v) is 2.94. The van der Waals surface area contributed by atoms with Gasteiger partial charge in [0, 0.05) is 6.07 Å². The summed E-state index contributed by atoms with van der Waals surface area (Å²) in [7, 11) is 0. The van der Waals surface area contributed by atoms with Crippen molar-refractivity contribution in [2.24, 2.45) is 0 Å². The highest BCUT2D eigenvalue weighted by atomic mass is 19.4. The molecule has 0 fully saturated rings. The molecule has 0 aliphatic carbocycles. The molecule has 3 rings (SSSR count). The van der Waals surface area contributed by atoms with Gasteiger partial charge in [0.25, 0.3) is 6.43 Å². The van der Waals surface area contributed by atoms with Gasteiger partial charge in [0.15, 0.2) is 11.5 Å². The number of hydrogen-bond acceptors (Lipinski definition) is 5. The molecule has 0 saturated heterocycles. The number of fused-ring (bicyclic) bond motifs is 1. The molecule has 3 aromatic rings. The van der Waals surface area contributed by atoms with Crippen LogP contribution >= 0.6 is 0 Å². The third-order valence-electron chi connectivity index (χ3n) is 2.94. The molecule has 0 unspecified atom stereocenters. The Morgan fingerprint density at radius 1 is 1.13 bits per heavy atom. The van der Waals surface area contributed by atoms with Gasteiger partial charge >= 0.3 is 6.18 Å². The van der Waals surface area contributed by atoms with Crippen LogP contribution in [-0.4, -0.2) is 20.2 Å². The molecular weight excluding hydrogens is 325 g/mol. The summed E-state index contributed by atoms with van der Waals surface area (Å²) in [6.07, 6.45) is -7.82. The molecule has 0 atom stereocenters. The van der Waals surface area contributed by atoms with Gasteiger partial charge in [-0.2, -0.15) is 13.2 Å². The maximum absolute atomic E-state index is 12.9. The summed E-state index contributed by atoms with van der Waals surface area (Å²) in [5, 5.41) is 12.8.